The van der Waals surface area contributed by atoms with Crippen LogP contribution in [0.1, 0.15) is 37.4 Å². The molecule has 0 saturated heterocycles. The standard InChI is InChI=1S/C13H23NO3S2/c1-9(13(3,4)5)7-14-19(16,17)12-6-11(8-15)18-10(12)2/h6,9,14-15H,7-8H2,1-5H3. The summed E-state index contributed by atoms with van der Waals surface area (Å²) in [6.45, 7) is 10.3. The van der Waals surface area contributed by atoms with E-state index in [4.69, 9.17) is 5.11 Å². The van der Waals surface area contributed by atoms with E-state index in [-0.39, 0.29) is 22.8 Å². The van der Waals surface area contributed by atoms with E-state index >= 15 is 0 Å². The van der Waals surface area contributed by atoms with Crippen molar-refractivity contribution in [2.45, 2.75) is 46.1 Å². The summed E-state index contributed by atoms with van der Waals surface area (Å²) < 4.78 is 27.1. The Bertz CT molecular complexity index is 527. The number of thiophene rings is 1. The van der Waals surface area contributed by atoms with Gasteiger partial charge in [-0.05, 0) is 24.3 Å². The van der Waals surface area contributed by atoms with Gasteiger partial charge in [-0.1, -0.05) is 27.7 Å². The van der Waals surface area contributed by atoms with Crippen LogP contribution in [0.3, 0.4) is 0 Å². The molecule has 1 heterocycles. The summed E-state index contributed by atoms with van der Waals surface area (Å²) in [5.41, 5.74) is 0.0580. The summed E-state index contributed by atoms with van der Waals surface area (Å²) in [7, 11) is -3.49. The van der Waals surface area contributed by atoms with E-state index in [0.29, 0.717) is 16.3 Å². The van der Waals surface area contributed by atoms with Crippen LogP contribution in [-0.4, -0.2) is 20.1 Å². The molecule has 0 aliphatic carbocycles. The molecule has 1 unspecified atom stereocenters. The second-order valence-corrected chi connectivity index (χ2v) is 8.99. The van der Waals surface area contributed by atoms with Crippen molar-refractivity contribution in [3.8, 4) is 0 Å². The third-order valence-corrected chi connectivity index (χ3v) is 6.14. The highest BCUT2D eigenvalue weighted by atomic mass is 32.2. The smallest absolute Gasteiger partial charge is 0.241 e. The first kappa shape index (κ1) is 16.6. The number of aryl methyl sites for hydroxylation is 1. The maximum Gasteiger partial charge on any atom is 0.241 e. The monoisotopic (exact) mass is 305 g/mol. The lowest BCUT2D eigenvalue weighted by Crippen LogP contribution is -2.33. The van der Waals surface area contributed by atoms with Gasteiger partial charge in [0.05, 0.1) is 11.5 Å². The zero-order valence-corrected chi connectivity index (χ0v) is 13.8. The normalized spacial score (nSPS) is 14.6. The number of hydrogen-bond acceptors (Lipinski definition) is 4. The number of sulfonamides is 1. The molecular weight excluding hydrogens is 282 g/mol. The second kappa shape index (κ2) is 5.91. The zero-order chi connectivity index (χ0) is 14.8. The lowest BCUT2D eigenvalue weighted by Gasteiger charge is -2.27. The fourth-order valence-corrected chi connectivity index (χ4v) is 4.11. The molecule has 19 heavy (non-hydrogen) atoms. The van der Waals surface area contributed by atoms with Gasteiger partial charge in [0.15, 0.2) is 0 Å². The van der Waals surface area contributed by atoms with Crippen LogP contribution in [0, 0.1) is 18.3 Å². The highest BCUT2D eigenvalue weighted by Crippen LogP contribution is 2.27. The summed E-state index contributed by atoms with van der Waals surface area (Å²) >= 11 is 1.31. The predicted octanol–water partition coefficient (Wildman–Crippen LogP) is 2.51. The molecule has 0 aliphatic rings. The van der Waals surface area contributed by atoms with E-state index in [2.05, 4.69) is 25.5 Å². The number of aliphatic hydroxyl groups excluding tert-OH is 1. The van der Waals surface area contributed by atoms with E-state index in [1.807, 2.05) is 6.92 Å². The Morgan fingerprint density at radius 1 is 1.42 bits per heavy atom. The van der Waals surface area contributed by atoms with Crippen LogP contribution in [0.5, 0.6) is 0 Å². The van der Waals surface area contributed by atoms with Crippen molar-refractivity contribution in [3.05, 3.63) is 15.8 Å². The van der Waals surface area contributed by atoms with Crippen molar-refractivity contribution < 1.29 is 13.5 Å². The molecule has 0 aromatic carbocycles. The van der Waals surface area contributed by atoms with Gasteiger partial charge in [-0.2, -0.15) is 0 Å². The Morgan fingerprint density at radius 3 is 2.42 bits per heavy atom. The minimum absolute atomic E-state index is 0.0580. The molecule has 6 heteroatoms. The van der Waals surface area contributed by atoms with Gasteiger partial charge in [0, 0.05) is 16.3 Å². The van der Waals surface area contributed by atoms with Gasteiger partial charge < -0.3 is 5.11 Å². The Morgan fingerprint density at radius 2 is 2.00 bits per heavy atom. The Balaban J connectivity index is 2.84. The van der Waals surface area contributed by atoms with Gasteiger partial charge in [0.2, 0.25) is 10.0 Å². The Kier molecular flexibility index (Phi) is 5.17. The van der Waals surface area contributed by atoms with Crippen LogP contribution in [-0.2, 0) is 16.6 Å². The van der Waals surface area contributed by atoms with Crippen molar-refractivity contribution in [1.82, 2.24) is 4.72 Å². The second-order valence-electron chi connectivity index (χ2n) is 5.91. The molecule has 1 rings (SSSR count). The average Bonchev–Trinajstić information content (AvgIpc) is 2.67. The fourth-order valence-electron chi connectivity index (χ4n) is 1.49. The van der Waals surface area contributed by atoms with E-state index < -0.39 is 10.0 Å². The fraction of sp³-hybridized carbons (Fsp3) is 0.692. The quantitative estimate of drug-likeness (QED) is 0.878. The summed E-state index contributed by atoms with van der Waals surface area (Å²) in [5.74, 6) is 0.235. The highest BCUT2D eigenvalue weighted by Gasteiger charge is 2.24. The summed E-state index contributed by atoms with van der Waals surface area (Å²) in [6.07, 6.45) is 0. The largest absolute Gasteiger partial charge is 0.391 e. The molecule has 0 aliphatic heterocycles. The van der Waals surface area contributed by atoms with Gasteiger partial charge in [0.1, 0.15) is 0 Å². The van der Waals surface area contributed by atoms with Crippen LogP contribution < -0.4 is 4.72 Å². The third kappa shape index (κ3) is 4.27. The first-order valence-corrected chi connectivity index (χ1v) is 8.57. The molecule has 0 amide bonds. The number of nitrogens with one attached hydrogen (secondary N) is 1. The van der Waals surface area contributed by atoms with Gasteiger partial charge in [-0.3, -0.25) is 0 Å². The number of rotatable bonds is 5. The van der Waals surface area contributed by atoms with E-state index in [0.717, 1.165) is 0 Å². The maximum atomic E-state index is 12.2. The Hall–Kier alpha value is -0.430. The summed E-state index contributed by atoms with van der Waals surface area (Å²) in [4.78, 5) is 1.66. The molecule has 0 radical (unpaired) electrons. The van der Waals surface area contributed by atoms with Crippen molar-refractivity contribution in [2.75, 3.05) is 6.54 Å². The zero-order valence-electron chi connectivity index (χ0n) is 12.1. The van der Waals surface area contributed by atoms with Crippen LogP contribution in [0.15, 0.2) is 11.0 Å². The van der Waals surface area contributed by atoms with Crippen molar-refractivity contribution >= 4 is 21.4 Å². The van der Waals surface area contributed by atoms with E-state index in [1.165, 1.54) is 11.3 Å². The summed E-state index contributed by atoms with van der Waals surface area (Å²) in [5, 5.41) is 9.06. The average molecular weight is 305 g/mol. The Labute approximate surface area is 119 Å². The highest BCUT2D eigenvalue weighted by molar-refractivity contribution is 7.89. The van der Waals surface area contributed by atoms with Gasteiger partial charge in [0.25, 0.3) is 0 Å². The lowest BCUT2D eigenvalue weighted by molar-refractivity contribution is 0.263. The lowest BCUT2D eigenvalue weighted by atomic mass is 9.82. The van der Waals surface area contributed by atoms with Gasteiger partial charge >= 0.3 is 0 Å². The minimum Gasteiger partial charge on any atom is -0.391 e. The molecular formula is C13H23NO3S2. The maximum absolute atomic E-state index is 12.2. The number of hydrogen-bond donors (Lipinski definition) is 2. The summed E-state index contributed by atoms with van der Waals surface area (Å²) in [6, 6.07) is 1.55. The number of aliphatic hydroxyl groups is 1. The minimum atomic E-state index is -3.49. The first-order valence-electron chi connectivity index (χ1n) is 6.27. The molecule has 1 atom stereocenters. The molecule has 4 nitrogen and oxygen atoms in total. The van der Waals surface area contributed by atoms with Crippen LogP contribution in [0.25, 0.3) is 0 Å². The van der Waals surface area contributed by atoms with Crippen LogP contribution in [0.4, 0.5) is 0 Å². The van der Waals surface area contributed by atoms with Crippen LogP contribution >= 0.6 is 11.3 Å². The van der Waals surface area contributed by atoms with E-state index in [1.54, 1.807) is 13.0 Å². The molecule has 0 bridgehead atoms. The van der Waals surface area contributed by atoms with Gasteiger partial charge in [-0.15, -0.1) is 11.3 Å². The van der Waals surface area contributed by atoms with Crippen LogP contribution in [0.2, 0.25) is 0 Å². The third-order valence-electron chi connectivity index (χ3n) is 3.43. The topological polar surface area (TPSA) is 66.4 Å². The molecule has 110 valence electrons. The molecule has 0 spiro atoms. The molecule has 0 fully saturated rings. The molecule has 2 N–H and O–H groups in total. The first-order chi connectivity index (χ1) is 8.58. The van der Waals surface area contributed by atoms with Crippen molar-refractivity contribution in [3.63, 3.8) is 0 Å². The molecule has 1 aromatic rings. The molecule has 0 saturated carbocycles. The SMILES string of the molecule is Cc1sc(CO)cc1S(=O)(=O)NCC(C)C(C)(C)C. The predicted molar refractivity (Wildman–Crippen MR) is 78.8 cm³/mol. The van der Waals surface area contributed by atoms with Crippen molar-refractivity contribution in [1.29, 1.82) is 0 Å². The van der Waals surface area contributed by atoms with Crippen molar-refractivity contribution in [2.24, 2.45) is 11.3 Å². The van der Waals surface area contributed by atoms with E-state index in [9.17, 15) is 8.42 Å². The molecule has 1 aromatic heterocycles. The van der Waals surface area contributed by atoms with Gasteiger partial charge in [-0.25, -0.2) is 13.1 Å².